The minimum atomic E-state index is 0.671. The lowest BCUT2D eigenvalue weighted by molar-refractivity contribution is 0.323. The number of likely N-dealkylation sites (N-methyl/N-ethyl adjacent to an activating group) is 1. The van der Waals surface area contributed by atoms with Crippen molar-refractivity contribution in [1.29, 1.82) is 0 Å². The smallest absolute Gasteiger partial charge is 0.126 e. The first-order valence-corrected chi connectivity index (χ1v) is 6.94. The first-order chi connectivity index (χ1) is 8.43. The third kappa shape index (κ3) is 3.05. The fourth-order valence-corrected chi connectivity index (χ4v) is 2.72. The predicted molar refractivity (Wildman–Crippen MR) is 80.3 cm³/mol. The number of nitrogens with zero attached hydrogens (tertiary/aromatic N) is 1. The van der Waals surface area contributed by atoms with Gasteiger partial charge < -0.3 is 15.4 Å². The number of hydrogen-bond donors (Lipinski definition) is 1. The van der Waals surface area contributed by atoms with E-state index in [2.05, 4.69) is 48.6 Å². The van der Waals surface area contributed by atoms with Crippen LogP contribution in [-0.2, 0) is 6.54 Å². The van der Waals surface area contributed by atoms with Crippen LogP contribution in [0.5, 0.6) is 5.75 Å². The van der Waals surface area contributed by atoms with Crippen LogP contribution in [0.2, 0.25) is 0 Å². The molecular weight excluding hydrogens is 292 g/mol. The standard InChI is InChI=1S/C14H23BrN2O/c1-9-10(2)14(18-5)12(11(3)13(9)15)8-17(4)7-6-16/h6-8,16H2,1-5H3. The molecule has 0 bridgehead atoms. The third-order valence-corrected chi connectivity index (χ3v) is 4.62. The summed E-state index contributed by atoms with van der Waals surface area (Å²) in [6.07, 6.45) is 0. The Morgan fingerprint density at radius 3 is 2.28 bits per heavy atom. The van der Waals surface area contributed by atoms with E-state index in [1.807, 2.05) is 0 Å². The number of benzene rings is 1. The molecule has 1 aromatic rings. The van der Waals surface area contributed by atoms with Crippen molar-refractivity contribution in [3.63, 3.8) is 0 Å². The maximum atomic E-state index is 5.59. The molecular formula is C14H23BrN2O. The lowest BCUT2D eigenvalue weighted by Crippen LogP contribution is -2.25. The van der Waals surface area contributed by atoms with Gasteiger partial charge >= 0.3 is 0 Å². The van der Waals surface area contributed by atoms with Crippen molar-refractivity contribution >= 4 is 15.9 Å². The topological polar surface area (TPSA) is 38.5 Å². The summed E-state index contributed by atoms with van der Waals surface area (Å²) in [4.78, 5) is 2.21. The first-order valence-electron chi connectivity index (χ1n) is 6.14. The number of nitrogens with two attached hydrogens (primary N) is 1. The van der Waals surface area contributed by atoms with Crippen molar-refractivity contribution in [1.82, 2.24) is 4.90 Å². The highest BCUT2D eigenvalue weighted by molar-refractivity contribution is 9.10. The van der Waals surface area contributed by atoms with E-state index in [0.29, 0.717) is 6.54 Å². The van der Waals surface area contributed by atoms with Gasteiger partial charge in [0.2, 0.25) is 0 Å². The van der Waals surface area contributed by atoms with Gasteiger partial charge in [-0.3, -0.25) is 0 Å². The molecule has 0 amide bonds. The van der Waals surface area contributed by atoms with E-state index in [9.17, 15) is 0 Å². The average Bonchev–Trinajstić information content (AvgIpc) is 2.34. The van der Waals surface area contributed by atoms with Gasteiger partial charge in [-0.05, 0) is 44.5 Å². The molecule has 0 fully saturated rings. The predicted octanol–water partition coefficient (Wildman–Crippen LogP) is 2.77. The molecule has 102 valence electrons. The van der Waals surface area contributed by atoms with Crippen LogP contribution in [0.25, 0.3) is 0 Å². The van der Waals surface area contributed by atoms with Gasteiger partial charge in [-0.1, -0.05) is 15.9 Å². The second-order valence-corrected chi connectivity index (χ2v) is 5.52. The van der Waals surface area contributed by atoms with E-state index >= 15 is 0 Å². The van der Waals surface area contributed by atoms with Crippen LogP contribution in [0.3, 0.4) is 0 Å². The van der Waals surface area contributed by atoms with Crippen molar-refractivity contribution in [2.45, 2.75) is 27.3 Å². The minimum absolute atomic E-state index is 0.671. The lowest BCUT2D eigenvalue weighted by Gasteiger charge is -2.23. The fraction of sp³-hybridized carbons (Fsp3) is 0.571. The minimum Gasteiger partial charge on any atom is -0.496 e. The van der Waals surface area contributed by atoms with Crippen molar-refractivity contribution < 1.29 is 4.74 Å². The molecule has 1 rings (SSSR count). The normalized spacial score (nSPS) is 11.1. The van der Waals surface area contributed by atoms with Crippen LogP contribution < -0.4 is 10.5 Å². The average molecular weight is 315 g/mol. The van der Waals surface area contributed by atoms with Crippen LogP contribution in [0.1, 0.15) is 22.3 Å². The zero-order valence-electron chi connectivity index (χ0n) is 11.9. The maximum Gasteiger partial charge on any atom is 0.126 e. The number of hydrogen-bond acceptors (Lipinski definition) is 3. The molecule has 0 spiro atoms. The molecule has 2 N–H and O–H groups in total. The maximum absolute atomic E-state index is 5.59. The second-order valence-electron chi connectivity index (χ2n) is 4.73. The van der Waals surface area contributed by atoms with Gasteiger partial charge in [-0.2, -0.15) is 0 Å². The van der Waals surface area contributed by atoms with Crippen molar-refractivity contribution in [3.05, 3.63) is 26.7 Å². The second kappa shape index (κ2) is 6.55. The van der Waals surface area contributed by atoms with Crippen LogP contribution in [-0.4, -0.2) is 32.1 Å². The molecule has 3 nitrogen and oxygen atoms in total. The lowest BCUT2D eigenvalue weighted by atomic mass is 9.98. The molecule has 0 radical (unpaired) electrons. The Labute approximate surface area is 118 Å². The van der Waals surface area contributed by atoms with Crippen LogP contribution in [0, 0.1) is 20.8 Å². The van der Waals surface area contributed by atoms with Gasteiger partial charge in [-0.25, -0.2) is 0 Å². The SMILES string of the molecule is COc1c(C)c(C)c(Br)c(C)c1CN(C)CCN. The van der Waals surface area contributed by atoms with Crippen molar-refractivity contribution in [2.75, 3.05) is 27.2 Å². The number of ether oxygens (including phenoxy) is 1. The molecule has 0 aromatic heterocycles. The van der Waals surface area contributed by atoms with E-state index in [0.717, 1.165) is 18.8 Å². The summed E-state index contributed by atoms with van der Waals surface area (Å²) < 4.78 is 6.77. The van der Waals surface area contributed by atoms with Crippen LogP contribution in [0.15, 0.2) is 4.47 Å². The molecule has 0 unspecified atom stereocenters. The summed E-state index contributed by atoms with van der Waals surface area (Å²) in [6.45, 7) is 8.75. The molecule has 0 aliphatic rings. The first kappa shape index (κ1) is 15.5. The highest BCUT2D eigenvalue weighted by Gasteiger charge is 2.17. The van der Waals surface area contributed by atoms with Gasteiger partial charge in [0.25, 0.3) is 0 Å². The third-order valence-electron chi connectivity index (χ3n) is 3.43. The summed E-state index contributed by atoms with van der Waals surface area (Å²) in [5.41, 5.74) is 10.5. The molecule has 0 aliphatic carbocycles. The zero-order chi connectivity index (χ0) is 13.9. The van der Waals surface area contributed by atoms with Gasteiger partial charge in [0, 0.05) is 29.7 Å². The molecule has 0 aliphatic heterocycles. The Bertz CT molecular complexity index is 433. The van der Waals surface area contributed by atoms with E-state index in [1.54, 1.807) is 7.11 Å². The van der Waals surface area contributed by atoms with E-state index < -0.39 is 0 Å². The Kier molecular flexibility index (Phi) is 5.63. The van der Waals surface area contributed by atoms with E-state index in [4.69, 9.17) is 10.5 Å². The molecule has 18 heavy (non-hydrogen) atoms. The summed E-state index contributed by atoms with van der Waals surface area (Å²) in [7, 11) is 3.82. The number of halogens is 1. The summed E-state index contributed by atoms with van der Waals surface area (Å²) in [6, 6.07) is 0. The molecule has 1 aromatic carbocycles. The monoisotopic (exact) mass is 314 g/mol. The zero-order valence-corrected chi connectivity index (χ0v) is 13.5. The summed E-state index contributed by atoms with van der Waals surface area (Å²) >= 11 is 3.67. The molecule has 4 heteroatoms. The molecule has 0 saturated heterocycles. The summed E-state index contributed by atoms with van der Waals surface area (Å²) in [5.74, 6) is 0.997. The fourth-order valence-electron chi connectivity index (χ4n) is 2.18. The Hall–Kier alpha value is -0.580. The Morgan fingerprint density at radius 1 is 1.17 bits per heavy atom. The van der Waals surface area contributed by atoms with Gasteiger partial charge in [0.1, 0.15) is 5.75 Å². The number of methoxy groups -OCH3 is 1. The van der Waals surface area contributed by atoms with Crippen molar-refractivity contribution in [2.24, 2.45) is 5.73 Å². The van der Waals surface area contributed by atoms with Gasteiger partial charge in [0.05, 0.1) is 7.11 Å². The molecule has 0 heterocycles. The highest BCUT2D eigenvalue weighted by Crippen LogP contribution is 2.36. The van der Waals surface area contributed by atoms with Crippen LogP contribution >= 0.6 is 15.9 Å². The van der Waals surface area contributed by atoms with E-state index in [-0.39, 0.29) is 0 Å². The molecule has 0 saturated carbocycles. The Balaban J connectivity index is 3.24. The van der Waals surface area contributed by atoms with Gasteiger partial charge in [-0.15, -0.1) is 0 Å². The van der Waals surface area contributed by atoms with Gasteiger partial charge in [0.15, 0.2) is 0 Å². The molecule has 0 atom stereocenters. The highest BCUT2D eigenvalue weighted by atomic mass is 79.9. The Morgan fingerprint density at radius 2 is 1.78 bits per heavy atom. The van der Waals surface area contributed by atoms with Crippen LogP contribution in [0.4, 0.5) is 0 Å². The summed E-state index contributed by atoms with van der Waals surface area (Å²) in [5, 5.41) is 0. The van der Waals surface area contributed by atoms with E-state index in [1.165, 1.54) is 26.7 Å². The largest absolute Gasteiger partial charge is 0.496 e. The quantitative estimate of drug-likeness (QED) is 0.908. The number of rotatable bonds is 5. The van der Waals surface area contributed by atoms with Crippen molar-refractivity contribution in [3.8, 4) is 5.75 Å².